The Balaban J connectivity index is 1.25. The second kappa shape index (κ2) is 9.65. The lowest BCUT2D eigenvalue weighted by molar-refractivity contribution is 0.143. The number of carbonyl (C=O) groups excluding carboxylic acids is 1. The van der Waals surface area contributed by atoms with E-state index in [1.165, 1.54) is 33.4 Å². The van der Waals surface area contributed by atoms with Gasteiger partial charge in [0.2, 0.25) is 0 Å². The van der Waals surface area contributed by atoms with E-state index in [9.17, 15) is 4.79 Å². The average Bonchev–Trinajstić information content (AvgIpc) is 3.11. The highest BCUT2D eigenvalue weighted by Gasteiger charge is 2.28. The highest BCUT2D eigenvalue weighted by atomic mass is 16.5. The van der Waals surface area contributed by atoms with Crippen molar-refractivity contribution in [1.29, 1.82) is 0 Å². The molecule has 3 nitrogen and oxygen atoms in total. The number of hydrogen-bond acceptors (Lipinski definition) is 2. The smallest absolute Gasteiger partial charge is 0.407 e. The Hall–Kier alpha value is -3.33. The van der Waals surface area contributed by atoms with Gasteiger partial charge in [0.25, 0.3) is 0 Å². The molecule has 0 radical (unpaired) electrons. The molecule has 3 heteroatoms. The largest absolute Gasteiger partial charge is 0.449 e. The van der Waals surface area contributed by atoms with Crippen molar-refractivity contribution in [2.24, 2.45) is 0 Å². The Labute approximate surface area is 184 Å². The van der Waals surface area contributed by atoms with Crippen LogP contribution in [0.15, 0.2) is 78.9 Å². The van der Waals surface area contributed by atoms with Crippen LogP contribution in [0.25, 0.3) is 17.2 Å². The Morgan fingerprint density at radius 2 is 1.55 bits per heavy atom. The molecule has 0 unspecified atom stereocenters. The molecule has 158 valence electrons. The molecule has 1 aliphatic rings. The van der Waals surface area contributed by atoms with E-state index in [0.29, 0.717) is 19.1 Å². The molecule has 0 spiro atoms. The van der Waals surface area contributed by atoms with E-state index in [4.69, 9.17) is 4.74 Å². The fraction of sp³-hybridized carbons (Fsp3) is 0.250. The van der Waals surface area contributed by atoms with Gasteiger partial charge in [-0.2, -0.15) is 0 Å². The normalized spacial score (nSPS) is 12.7. The van der Waals surface area contributed by atoms with Crippen molar-refractivity contribution in [3.63, 3.8) is 0 Å². The second-order valence-corrected chi connectivity index (χ2v) is 8.26. The molecule has 0 aromatic heterocycles. The summed E-state index contributed by atoms with van der Waals surface area (Å²) in [4.78, 5) is 12.2. The number of carbonyl (C=O) groups is 1. The van der Waals surface area contributed by atoms with E-state index in [2.05, 4.69) is 92.0 Å². The number of rotatable bonds is 7. The van der Waals surface area contributed by atoms with E-state index >= 15 is 0 Å². The first-order valence-electron chi connectivity index (χ1n) is 11.0. The lowest BCUT2D eigenvalue weighted by Crippen LogP contribution is -2.26. The summed E-state index contributed by atoms with van der Waals surface area (Å²) < 4.78 is 5.57. The summed E-state index contributed by atoms with van der Waals surface area (Å²) in [6, 6.07) is 25.3. The van der Waals surface area contributed by atoms with Crippen molar-refractivity contribution in [2.75, 3.05) is 13.2 Å². The summed E-state index contributed by atoms with van der Waals surface area (Å²) >= 11 is 0. The minimum absolute atomic E-state index is 0.0897. The molecule has 4 rings (SSSR count). The molecule has 1 N–H and O–H groups in total. The molecule has 0 saturated heterocycles. The Morgan fingerprint density at radius 1 is 0.935 bits per heavy atom. The predicted molar refractivity (Wildman–Crippen MR) is 127 cm³/mol. The third kappa shape index (κ3) is 4.88. The van der Waals surface area contributed by atoms with E-state index < -0.39 is 0 Å². The van der Waals surface area contributed by atoms with Crippen molar-refractivity contribution in [3.05, 3.63) is 101 Å². The summed E-state index contributed by atoms with van der Waals surface area (Å²) in [7, 11) is 0. The lowest BCUT2D eigenvalue weighted by atomic mass is 9.98. The molecule has 3 aromatic rings. The van der Waals surface area contributed by atoms with Gasteiger partial charge in [-0.1, -0.05) is 98.8 Å². The minimum Gasteiger partial charge on any atom is -0.449 e. The summed E-state index contributed by atoms with van der Waals surface area (Å²) in [5.41, 5.74) is 7.43. The first-order chi connectivity index (χ1) is 15.1. The number of alkyl carbamates (subject to hydrolysis) is 1. The van der Waals surface area contributed by atoms with Gasteiger partial charge < -0.3 is 10.1 Å². The number of ether oxygens (including phenoxy) is 1. The monoisotopic (exact) mass is 411 g/mol. The molecular formula is C28H29NO2. The molecule has 0 aliphatic heterocycles. The van der Waals surface area contributed by atoms with Crippen LogP contribution in [0.2, 0.25) is 0 Å². The van der Waals surface area contributed by atoms with Crippen LogP contribution in [0.1, 0.15) is 54.4 Å². The van der Waals surface area contributed by atoms with Gasteiger partial charge in [0.1, 0.15) is 6.61 Å². The van der Waals surface area contributed by atoms with Crippen molar-refractivity contribution in [1.82, 2.24) is 5.32 Å². The van der Waals surface area contributed by atoms with Crippen LogP contribution in [0.4, 0.5) is 4.79 Å². The van der Waals surface area contributed by atoms with Crippen LogP contribution in [0.3, 0.4) is 0 Å². The molecule has 0 bridgehead atoms. The summed E-state index contributed by atoms with van der Waals surface area (Å²) in [6.45, 7) is 5.29. The molecule has 31 heavy (non-hydrogen) atoms. The van der Waals surface area contributed by atoms with Gasteiger partial charge in [0, 0.05) is 12.5 Å². The fourth-order valence-electron chi connectivity index (χ4n) is 4.12. The summed E-state index contributed by atoms with van der Waals surface area (Å²) in [5.74, 6) is 0.631. The summed E-state index contributed by atoms with van der Waals surface area (Å²) in [6.07, 6.45) is 4.56. The first kappa shape index (κ1) is 20.9. The van der Waals surface area contributed by atoms with Gasteiger partial charge in [-0.15, -0.1) is 0 Å². The zero-order valence-electron chi connectivity index (χ0n) is 18.2. The molecule has 0 heterocycles. The fourth-order valence-corrected chi connectivity index (χ4v) is 4.12. The minimum atomic E-state index is -0.364. The van der Waals surface area contributed by atoms with Gasteiger partial charge in [0.05, 0.1) is 0 Å². The number of benzene rings is 3. The van der Waals surface area contributed by atoms with Crippen LogP contribution < -0.4 is 5.32 Å². The maximum absolute atomic E-state index is 12.2. The van der Waals surface area contributed by atoms with Crippen molar-refractivity contribution in [3.8, 4) is 11.1 Å². The number of fused-ring (bicyclic) bond motifs is 3. The van der Waals surface area contributed by atoms with E-state index in [-0.39, 0.29) is 12.0 Å². The Bertz CT molecular complexity index is 1020. The Morgan fingerprint density at radius 3 is 2.16 bits per heavy atom. The van der Waals surface area contributed by atoms with E-state index in [0.717, 1.165) is 6.42 Å². The highest BCUT2D eigenvalue weighted by molar-refractivity contribution is 5.79. The van der Waals surface area contributed by atoms with Gasteiger partial charge in [0.15, 0.2) is 0 Å². The maximum atomic E-state index is 12.2. The first-order valence-corrected chi connectivity index (χ1v) is 11.0. The molecule has 1 amide bonds. The SMILES string of the molecule is CC(C)c1ccc(C=CCCNC(=O)OCC2c3ccccc3-c3ccccc32)cc1. The van der Waals surface area contributed by atoms with Crippen molar-refractivity contribution < 1.29 is 9.53 Å². The number of amides is 1. The zero-order valence-corrected chi connectivity index (χ0v) is 18.2. The topological polar surface area (TPSA) is 38.3 Å². The van der Waals surface area contributed by atoms with Crippen LogP contribution in [-0.2, 0) is 4.74 Å². The van der Waals surface area contributed by atoms with Crippen LogP contribution in [0.5, 0.6) is 0 Å². The number of nitrogens with one attached hydrogen (secondary N) is 1. The van der Waals surface area contributed by atoms with Crippen molar-refractivity contribution in [2.45, 2.75) is 32.1 Å². The predicted octanol–water partition coefficient (Wildman–Crippen LogP) is 6.75. The van der Waals surface area contributed by atoms with Gasteiger partial charge in [-0.3, -0.25) is 0 Å². The van der Waals surface area contributed by atoms with E-state index in [1.807, 2.05) is 12.1 Å². The van der Waals surface area contributed by atoms with E-state index in [1.54, 1.807) is 0 Å². The molecule has 3 aromatic carbocycles. The molecule has 0 atom stereocenters. The Kier molecular flexibility index (Phi) is 6.51. The number of hydrogen-bond donors (Lipinski definition) is 1. The third-order valence-corrected chi connectivity index (χ3v) is 5.84. The van der Waals surface area contributed by atoms with Gasteiger partial charge >= 0.3 is 6.09 Å². The lowest BCUT2D eigenvalue weighted by Gasteiger charge is -2.14. The average molecular weight is 412 g/mol. The zero-order chi connectivity index (χ0) is 21.6. The van der Waals surface area contributed by atoms with Crippen LogP contribution >= 0.6 is 0 Å². The standard InChI is InChI=1S/C28H29NO2/c1-20(2)22-16-14-21(15-17-22)9-7-8-18-29-28(30)31-19-27-25-12-5-3-10-23(25)24-11-4-6-13-26(24)27/h3-7,9-17,20,27H,8,18-19H2,1-2H3,(H,29,30). The van der Waals surface area contributed by atoms with Gasteiger partial charge in [-0.05, 0) is 45.7 Å². The molecule has 0 fully saturated rings. The van der Waals surface area contributed by atoms with Crippen LogP contribution in [-0.4, -0.2) is 19.2 Å². The van der Waals surface area contributed by atoms with Crippen LogP contribution in [0, 0.1) is 0 Å². The second-order valence-electron chi connectivity index (χ2n) is 8.26. The summed E-state index contributed by atoms with van der Waals surface area (Å²) in [5, 5.41) is 2.85. The quantitative estimate of drug-likeness (QED) is 0.437. The maximum Gasteiger partial charge on any atom is 0.407 e. The molecule has 0 saturated carbocycles. The van der Waals surface area contributed by atoms with Gasteiger partial charge in [-0.25, -0.2) is 4.79 Å². The molecule has 1 aliphatic carbocycles. The van der Waals surface area contributed by atoms with Crippen molar-refractivity contribution >= 4 is 12.2 Å². The third-order valence-electron chi connectivity index (χ3n) is 5.84. The highest BCUT2D eigenvalue weighted by Crippen LogP contribution is 2.44. The molecular weight excluding hydrogens is 382 g/mol.